The van der Waals surface area contributed by atoms with Crippen LogP contribution < -0.4 is 10.1 Å². The Bertz CT molecular complexity index is 992. The van der Waals surface area contributed by atoms with Gasteiger partial charge < -0.3 is 19.5 Å². The topological polar surface area (TPSA) is 80.5 Å². The first-order chi connectivity index (χ1) is 14.6. The molecule has 2 heterocycles. The summed E-state index contributed by atoms with van der Waals surface area (Å²) in [6, 6.07) is 16.0. The van der Waals surface area contributed by atoms with Gasteiger partial charge in [0.2, 0.25) is 5.82 Å². The van der Waals surface area contributed by atoms with Crippen LogP contribution in [0.3, 0.4) is 0 Å². The Hall–Kier alpha value is -3.35. The summed E-state index contributed by atoms with van der Waals surface area (Å²) < 4.78 is 11.0. The summed E-state index contributed by atoms with van der Waals surface area (Å²) in [5.74, 6) is 1.22. The summed E-state index contributed by atoms with van der Waals surface area (Å²) in [6.45, 7) is 5.82. The van der Waals surface area contributed by atoms with E-state index in [2.05, 4.69) is 15.5 Å². The lowest BCUT2D eigenvalue weighted by Crippen LogP contribution is -2.42. The van der Waals surface area contributed by atoms with E-state index in [0.717, 1.165) is 18.4 Å². The first kappa shape index (κ1) is 19.9. The molecule has 1 amide bonds. The van der Waals surface area contributed by atoms with Gasteiger partial charge in [-0.05, 0) is 38.8 Å². The Kier molecular flexibility index (Phi) is 5.97. The van der Waals surface area contributed by atoms with Crippen LogP contribution in [-0.2, 0) is 0 Å². The van der Waals surface area contributed by atoms with E-state index in [0.29, 0.717) is 42.8 Å². The maximum absolute atomic E-state index is 12.9. The average molecular weight is 406 g/mol. The van der Waals surface area contributed by atoms with Gasteiger partial charge in [0.05, 0.1) is 12.2 Å². The van der Waals surface area contributed by atoms with Crippen LogP contribution in [0.4, 0.5) is 6.01 Å². The van der Waals surface area contributed by atoms with Crippen molar-refractivity contribution in [3.8, 4) is 17.1 Å². The summed E-state index contributed by atoms with van der Waals surface area (Å²) >= 11 is 0. The second-order valence-electron chi connectivity index (χ2n) is 7.43. The number of anilines is 1. The number of aryl methyl sites for hydroxylation is 1. The largest absolute Gasteiger partial charge is 0.493 e. The first-order valence-electron chi connectivity index (χ1n) is 10.3. The molecule has 1 fully saturated rings. The summed E-state index contributed by atoms with van der Waals surface area (Å²) in [6.07, 6.45) is 1.62. The molecule has 0 radical (unpaired) electrons. The monoisotopic (exact) mass is 406 g/mol. The first-order valence-corrected chi connectivity index (χ1v) is 10.3. The van der Waals surface area contributed by atoms with Crippen LogP contribution in [-0.4, -0.2) is 46.7 Å². The van der Waals surface area contributed by atoms with Crippen molar-refractivity contribution >= 4 is 11.9 Å². The molecule has 1 N–H and O–H groups in total. The van der Waals surface area contributed by atoms with Gasteiger partial charge in [0.25, 0.3) is 5.91 Å². The Morgan fingerprint density at radius 1 is 1.17 bits per heavy atom. The number of aromatic nitrogens is 2. The Morgan fingerprint density at radius 2 is 1.90 bits per heavy atom. The summed E-state index contributed by atoms with van der Waals surface area (Å²) in [7, 11) is 0. The molecule has 1 saturated heterocycles. The molecule has 7 nitrogen and oxygen atoms in total. The van der Waals surface area contributed by atoms with Gasteiger partial charge in [0.15, 0.2) is 0 Å². The van der Waals surface area contributed by atoms with Crippen molar-refractivity contribution in [1.29, 1.82) is 0 Å². The quantitative estimate of drug-likeness (QED) is 0.662. The molecular weight excluding hydrogens is 380 g/mol. The third-order valence-electron chi connectivity index (χ3n) is 5.26. The van der Waals surface area contributed by atoms with Crippen LogP contribution in [0.15, 0.2) is 53.1 Å². The number of nitrogens with zero attached hydrogens (tertiary/aromatic N) is 3. The molecule has 7 heteroatoms. The van der Waals surface area contributed by atoms with Crippen molar-refractivity contribution < 1.29 is 14.1 Å². The molecule has 0 aliphatic carbocycles. The Morgan fingerprint density at radius 3 is 2.63 bits per heavy atom. The molecule has 4 rings (SSSR count). The number of nitrogens with one attached hydrogen (secondary N) is 1. The maximum Gasteiger partial charge on any atom is 0.322 e. The summed E-state index contributed by atoms with van der Waals surface area (Å²) in [4.78, 5) is 19.3. The summed E-state index contributed by atoms with van der Waals surface area (Å²) in [5.41, 5.74) is 2.72. The number of hydrogen-bond acceptors (Lipinski definition) is 6. The number of piperidine rings is 1. The number of carbonyl (C=O) groups is 1. The van der Waals surface area contributed by atoms with Crippen LogP contribution in [0.1, 0.15) is 35.7 Å². The molecule has 0 saturated carbocycles. The Labute approximate surface area is 176 Å². The molecule has 2 aromatic carbocycles. The van der Waals surface area contributed by atoms with Crippen molar-refractivity contribution in [3.05, 3.63) is 59.7 Å². The predicted octanol–water partition coefficient (Wildman–Crippen LogP) is 4.16. The molecule has 1 aromatic heterocycles. The van der Waals surface area contributed by atoms with E-state index in [9.17, 15) is 4.79 Å². The Balaban J connectivity index is 1.34. The van der Waals surface area contributed by atoms with Gasteiger partial charge >= 0.3 is 6.01 Å². The van der Waals surface area contributed by atoms with Gasteiger partial charge in [-0.15, -0.1) is 0 Å². The highest BCUT2D eigenvalue weighted by atomic mass is 16.5. The lowest BCUT2D eigenvalue weighted by atomic mass is 10.0. The van der Waals surface area contributed by atoms with Gasteiger partial charge in [0, 0.05) is 24.7 Å². The van der Waals surface area contributed by atoms with E-state index in [-0.39, 0.29) is 11.9 Å². The fraction of sp³-hybridized carbons (Fsp3) is 0.348. The molecule has 0 spiro atoms. The van der Waals surface area contributed by atoms with Gasteiger partial charge in [-0.1, -0.05) is 47.1 Å². The lowest BCUT2D eigenvalue weighted by molar-refractivity contribution is 0.0714. The minimum absolute atomic E-state index is 0.0111. The zero-order valence-electron chi connectivity index (χ0n) is 17.3. The molecular formula is C23H26N4O3. The van der Waals surface area contributed by atoms with Crippen molar-refractivity contribution in [2.24, 2.45) is 0 Å². The van der Waals surface area contributed by atoms with E-state index in [1.165, 1.54) is 5.56 Å². The van der Waals surface area contributed by atoms with E-state index in [4.69, 9.17) is 9.26 Å². The minimum Gasteiger partial charge on any atom is -0.493 e. The normalized spacial score (nSPS) is 14.5. The van der Waals surface area contributed by atoms with Crippen LogP contribution in [0.25, 0.3) is 11.4 Å². The van der Waals surface area contributed by atoms with E-state index in [1.54, 1.807) is 0 Å². The average Bonchev–Trinajstić information content (AvgIpc) is 3.23. The standard InChI is InChI=1S/C23H26N4O3/c1-3-29-20-7-5-4-6-19(20)22(28)27-14-12-18(13-15-27)24-23-25-21(26-30-23)17-10-8-16(2)9-11-17/h4-11,18H,3,12-15H2,1-2H3,(H,24,25,26). The van der Waals surface area contributed by atoms with Crippen molar-refractivity contribution in [3.63, 3.8) is 0 Å². The molecule has 3 aromatic rings. The summed E-state index contributed by atoms with van der Waals surface area (Å²) in [5, 5.41) is 7.37. The number of amides is 1. The smallest absolute Gasteiger partial charge is 0.322 e. The maximum atomic E-state index is 12.9. The highest BCUT2D eigenvalue weighted by Gasteiger charge is 2.26. The van der Waals surface area contributed by atoms with Crippen LogP contribution in [0.5, 0.6) is 5.75 Å². The lowest BCUT2D eigenvalue weighted by Gasteiger charge is -2.32. The zero-order valence-corrected chi connectivity index (χ0v) is 17.3. The highest BCUT2D eigenvalue weighted by molar-refractivity contribution is 5.97. The molecule has 156 valence electrons. The minimum atomic E-state index is 0.0111. The van der Waals surface area contributed by atoms with E-state index in [1.807, 2.05) is 67.3 Å². The fourth-order valence-corrected chi connectivity index (χ4v) is 3.60. The molecule has 0 bridgehead atoms. The molecule has 30 heavy (non-hydrogen) atoms. The van der Waals surface area contributed by atoms with Crippen LogP contribution in [0.2, 0.25) is 0 Å². The molecule has 0 atom stereocenters. The predicted molar refractivity (Wildman–Crippen MR) is 115 cm³/mol. The number of ether oxygens (including phenoxy) is 1. The number of carbonyl (C=O) groups excluding carboxylic acids is 1. The van der Waals surface area contributed by atoms with Gasteiger partial charge in [-0.3, -0.25) is 4.79 Å². The van der Waals surface area contributed by atoms with E-state index >= 15 is 0 Å². The third-order valence-corrected chi connectivity index (χ3v) is 5.26. The van der Waals surface area contributed by atoms with Crippen molar-refractivity contribution in [2.45, 2.75) is 32.7 Å². The van der Waals surface area contributed by atoms with Crippen LogP contribution in [0, 0.1) is 6.92 Å². The van der Waals surface area contributed by atoms with Crippen LogP contribution >= 0.6 is 0 Å². The van der Waals surface area contributed by atoms with Crippen molar-refractivity contribution in [2.75, 3.05) is 25.0 Å². The number of para-hydroxylation sites is 1. The molecule has 1 aliphatic heterocycles. The second kappa shape index (κ2) is 8.98. The number of likely N-dealkylation sites (tertiary alicyclic amines) is 1. The van der Waals surface area contributed by atoms with Crippen molar-refractivity contribution in [1.82, 2.24) is 15.0 Å². The fourth-order valence-electron chi connectivity index (χ4n) is 3.60. The molecule has 1 aliphatic rings. The molecule has 0 unspecified atom stereocenters. The van der Waals surface area contributed by atoms with Gasteiger partial charge in [0.1, 0.15) is 5.75 Å². The van der Waals surface area contributed by atoms with Gasteiger partial charge in [-0.2, -0.15) is 4.98 Å². The third kappa shape index (κ3) is 4.45. The van der Waals surface area contributed by atoms with Gasteiger partial charge in [-0.25, -0.2) is 0 Å². The zero-order chi connectivity index (χ0) is 20.9. The highest BCUT2D eigenvalue weighted by Crippen LogP contribution is 2.24. The number of benzene rings is 2. The number of rotatable bonds is 6. The second-order valence-corrected chi connectivity index (χ2v) is 7.43. The van der Waals surface area contributed by atoms with E-state index < -0.39 is 0 Å². The SMILES string of the molecule is CCOc1ccccc1C(=O)N1CCC(Nc2nc(-c3ccc(C)cc3)no2)CC1. The number of hydrogen-bond donors (Lipinski definition) is 1.